The van der Waals surface area contributed by atoms with E-state index in [-0.39, 0.29) is 17.2 Å². The van der Waals surface area contributed by atoms with Gasteiger partial charge in [-0.25, -0.2) is 4.79 Å². The Bertz CT molecular complexity index is 613. The van der Waals surface area contributed by atoms with Crippen molar-refractivity contribution in [3.8, 4) is 0 Å². The Morgan fingerprint density at radius 3 is 2.67 bits per heavy atom. The molecule has 2 unspecified atom stereocenters. The zero-order valence-corrected chi connectivity index (χ0v) is 11.8. The number of aliphatic carboxylic acids is 1. The zero-order chi connectivity index (χ0) is 15.7. The number of nitro groups is 1. The molecule has 1 aromatic carbocycles. The lowest BCUT2D eigenvalue weighted by molar-refractivity contribution is -0.385. The van der Waals surface area contributed by atoms with E-state index in [9.17, 15) is 24.8 Å². The predicted octanol–water partition coefficient (Wildman–Crippen LogP) is 1.84. The maximum Gasteiger partial charge on any atom is 0.326 e. The SMILES string of the molecule is Cc1cccc([N+](=O)[O-])c1C(=O)N1CCC(C)C1C(=O)O. The summed E-state index contributed by atoms with van der Waals surface area (Å²) in [7, 11) is 0. The average Bonchev–Trinajstić information content (AvgIpc) is 2.79. The van der Waals surface area contributed by atoms with Crippen LogP contribution < -0.4 is 0 Å². The highest BCUT2D eigenvalue weighted by Gasteiger charge is 2.41. The summed E-state index contributed by atoms with van der Waals surface area (Å²) in [4.78, 5) is 35.6. The quantitative estimate of drug-likeness (QED) is 0.676. The number of amides is 1. The number of likely N-dealkylation sites (tertiary alicyclic amines) is 1. The first-order valence-electron chi connectivity index (χ1n) is 6.62. The third-order valence-corrected chi connectivity index (χ3v) is 3.88. The van der Waals surface area contributed by atoms with E-state index in [1.165, 1.54) is 17.0 Å². The third kappa shape index (κ3) is 2.58. The molecule has 112 valence electrons. The minimum absolute atomic E-state index is 0.0251. The molecule has 0 radical (unpaired) electrons. The lowest BCUT2D eigenvalue weighted by atomic mass is 10.0. The molecular formula is C14H16N2O5. The summed E-state index contributed by atoms with van der Waals surface area (Å²) in [6.45, 7) is 3.66. The van der Waals surface area contributed by atoms with Gasteiger partial charge in [0.15, 0.2) is 0 Å². The average molecular weight is 292 g/mol. The standard InChI is InChI=1S/C14H16N2O5/c1-8-4-3-5-10(16(20)21)11(8)13(17)15-7-6-9(2)12(15)14(18)19/h3-5,9,12H,6-7H2,1-2H3,(H,18,19). The number of carboxylic acids is 1. The Morgan fingerprint density at radius 1 is 1.43 bits per heavy atom. The number of benzene rings is 1. The second kappa shape index (κ2) is 5.51. The molecule has 21 heavy (non-hydrogen) atoms. The third-order valence-electron chi connectivity index (χ3n) is 3.88. The molecule has 1 amide bonds. The molecule has 7 nitrogen and oxygen atoms in total. The van der Waals surface area contributed by atoms with Crippen molar-refractivity contribution in [1.29, 1.82) is 0 Å². The number of carboxylic acid groups (broad SMARTS) is 1. The molecule has 0 aromatic heterocycles. The van der Waals surface area contributed by atoms with Gasteiger partial charge in [0.1, 0.15) is 11.6 Å². The van der Waals surface area contributed by atoms with Crippen molar-refractivity contribution in [3.63, 3.8) is 0 Å². The number of hydrogen-bond acceptors (Lipinski definition) is 4. The van der Waals surface area contributed by atoms with E-state index in [1.807, 2.05) is 0 Å². The number of hydrogen-bond donors (Lipinski definition) is 1. The van der Waals surface area contributed by atoms with Crippen LogP contribution in [-0.2, 0) is 4.79 Å². The molecule has 1 heterocycles. The smallest absolute Gasteiger partial charge is 0.326 e. The van der Waals surface area contributed by atoms with Gasteiger partial charge in [-0.2, -0.15) is 0 Å². The van der Waals surface area contributed by atoms with E-state index < -0.39 is 22.8 Å². The molecule has 2 rings (SSSR count). The van der Waals surface area contributed by atoms with Crippen LogP contribution in [0, 0.1) is 23.0 Å². The van der Waals surface area contributed by atoms with E-state index in [1.54, 1.807) is 19.9 Å². The Kier molecular flexibility index (Phi) is 3.93. The number of rotatable bonds is 3. The van der Waals surface area contributed by atoms with E-state index in [2.05, 4.69) is 0 Å². The number of carbonyl (C=O) groups is 2. The van der Waals surface area contributed by atoms with Crippen molar-refractivity contribution in [2.45, 2.75) is 26.3 Å². The van der Waals surface area contributed by atoms with Crippen LogP contribution in [0.3, 0.4) is 0 Å². The van der Waals surface area contributed by atoms with Gasteiger partial charge in [-0.3, -0.25) is 14.9 Å². The number of aryl methyl sites for hydroxylation is 1. The van der Waals surface area contributed by atoms with E-state index >= 15 is 0 Å². The van der Waals surface area contributed by atoms with Crippen LogP contribution in [0.15, 0.2) is 18.2 Å². The number of carbonyl (C=O) groups excluding carboxylic acids is 1. The van der Waals surface area contributed by atoms with Gasteiger partial charge in [0, 0.05) is 12.6 Å². The summed E-state index contributed by atoms with van der Waals surface area (Å²) in [5, 5.41) is 20.4. The summed E-state index contributed by atoms with van der Waals surface area (Å²) in [5.41, 5.74) is 0.157. The highest BCUT2D eigenvalue weighted by Crippen LogP contribution is 2.30. The van der Waals surface area contributed by atoms with Crippen molar-refractivity contribution in [2.75, 3.05) is 6.54 Å². The van der Waals surface area contributed by atoms with Crippen LogP contribution in [0.2, 0.25) is 0 Å². The lowest BCUT2D eigenvalue weighted by Gasteiger charge is -2.24. The minimum Gasteiger partial charge on any atom is -0.480 e. The summed E-state index contributed by atoms with van der Waals surface area (Å²) in [6.07, 6.45) is 0.572. The first-order chi connectivity index (χ1) is 9.84. The highest BCUT2D eigenvalue weighted by atomic mass is 16.6. The van der Waals surface area contributed by atoms with Crippen LogP contribution in [0.1, 0.15) is 29.3 Å². The van der Waals surface area contributed by atoms with Crippen LogP contribution in [0.4, 0.5) is 5.69 Å². The van der Waals surface area contributed by atoms with Crippen molar-refractivity contribution >= 4 is 17.6 Å². The van der Waals surface area contributed by atoms with Crippen molar-refractivity contribution in [1.82, 2.24) is 4.90 Å². The topological polar surface area (TPSA) is 101 Å². The minimum atomic E-state index is -1.08. The zero-order valence-electron chi connectivity index (χ0n) is 11.8. The van der Waals surface area contributed by atoms with Crippen LogP contribution in [-0.4, -0.2) is 39.4 Å². The maximum atomic E-state index is 12.6. The molecule has 1 aromatic rings. The Balaban J connectivity index is 2.46. The summed E-state index contributed by atoms with van der Waals surface area (Å²) < 4.78 is 0. The molecule has 2 atom stereocenters. The fraction of sp³-hybridized carbons (Fsp3) is 0.429. The van der Waals surface area contributed by atoms with Crippen molar-refractivity contribution in [2.24, 2.45) is 5.92 Å². The van der Waals surface area contributed by atoms with E-state index in [0.717, 1.165) is 0 Å². The summed E-state index contributed by atoms with van der Waals surface area (Å²) in [6, 6.07) is 3.44. The van der Waals surface area contributed by atoms with Crippen molar-refractivity contribution < 1.29 is 19.6 Å². The van der Waals surface area contributed by atoms with Crippen LogP contribution in [0.5, 0.6) is 0 Å². The molecule has 1 aliphatic heterocycles. The van der Waals surface area contributed by atoms with Gasteiger partial charge >= 0.3 is 5.97 Å². The van der Waals surface area contributed by atoms with Gasteiger partial charge < -0.3 is 10.0 Å². The Hall–Kier alpha value is -2.44. The molecule has 1 N–H and O–H groups in total. The predicted molar refractivity (Wildman–Crippen MR) is 74.1 cm³/mol. The summed E-state index contributed by atoms with van der Waals surface area (Å²) in [5.74, 6) is -1.84. The molecule has 0 bridgehead atoms. The van der Waals surface area contributed by atoms with Gasteiger partial charge in [0.25, 0.3) is 11.6 Å². The number of nitrogens with zero attached hydrogens (tertiary/aromatic N) is 2. The fourth-order valence-corrected chi connectivity index (χ4v) is 2.78. The Labute approximate surface area is 121 Å². The molecule has 7 heteroatoms. The van der Waals surface area contributed by atoms with E-state index in [4.69, 9.17) is 0 Å². The highest BCUT2D eigenvalue weighted by molar-refractivity contribution is 6.01. The largest absolute Gasteiger partial charge is 0.480 e. The van der Waals surface area contributed by atoms with Gasteiger partial charge in [-0.05, 0) is 24.8 Å². The second-order valence-corrected chi connectivity index (χ2v) is 5.27. The summed E-state index contributed by atoms with van der Waals surface area (Å²) >= 11 is 0. The lowest BCUT2D eigenvalue weighted by Crippen LogP contribution is -2.43. The molecule has 1 fully saturated rings. The van der Waals surface area contributed by atoms with Crippen molar-refractivity contribution in [3.05, 3.63) is 39.4 Å². The molecule has 1 aliphatic rings. The second-order valence-electron chi connectivity index (χ2n) is 5.27. The van der Waals surface area contributed by atoms with Gasteiger partial charge in [0.05, 0.1) is 4.92 Å². The Morgan fingerprint density at radius 2 is 2.10 bits per heavy atom. The van der Waals surface area contributed by atoms with Crippen LogP contribution >= 0.6 is 0 Å². The normalized spacial score (nSPS) is 21.3. The van der Waals surface area contributed by atoms with E-state index in [0.29, 0.717) is 18.5 Å². The first-order valence-corrected chi connectivity index (χ1v) is 6.62. The fourth-order valence-electron chi connectivity index (χ4n) is 2.78. The van der Waals surface area contributed by atoms with Gasteiger partial charge in [-0.1, -0.05) is 19.1 Å². The molecule has 0 saturated carbocycles. The molecule has 0 spiro atoms. The monoisotopic (exact) mass is 292 g/mol. The first kappa shape index (κ1) is 15.0. The maximum absolute atomic E-state index is 12.6. The number of nitro benzene ring substituents is 1. The van der Waals surface area contributed by atoms with Gasteiger partial charge in [0.2, 0.25) is 0 Å². The molecular weight excluding hydrogens is 276 g/mol. The van der Waals surface area contributed by atoms with Crippen LogP contribution in [0.25, 0.3) is 0 Å². The molecule has 0 aliphatic carbocycles. The molecule has 1 saturated heterocycles. The van der Waals surface area contributed by atoms with Gasteiger partial charge in [-0.15, -0.1) is 0 Å².